The zero-order chi connectivity index (χ0) is 14.0. The number of hydrogen-bond donors (Lipinski definition) is 1. The van der Waals surface area contributed by atoms with Crippen molar-refractivity contribution in [1.82, 2.24) is 0 Å². The van der Waals surface area contributed by atoms with Gasteiger partial charge in [0.1, 0.15) is 0 Å². The van der Waals surface area contributed by atoms with Crippen LogP contribution in [0.3, 0.4) is 0 Å². The Labute approximate surface area is 112 Å². The molecule has 0 aliphatic heterocycles. The van der Waals surface area contributed by atoms with E-state index >= 15 is 0 Å². The molecule has 0 bridgehead atoms. The number of non-ortho nitro benzene ring substituents is 1. The fourth-order valence-corrected chi connectivity index (χ4v) is 2.72. The predicted molar refractivity (Wildman–Crippen MR) is 72.6 cm³/mol. The second-order valence-electron chi connectivity index (χ2n) is 5.44. The number of halogens is 1. The second kappa shape index (κ2) is 5.55. The zero-order valence-electron chi connectivity index (χ0n) is 11.2. The number of nitrogens with zero attached hydrogens (tertiary/aromatic N) is 1. The predicted octanol–water partition coefficient (Wildman–Crippen LogP) is 3.97. The van der Waals surface area contributed by atoms with Gasteiger partial charge in [0.25, 0.3) is 5.69 Å². The molecule has 1 aromatic carbocycles. The summed E-state index contributed by atoms with van der Waals surface area (Å²) >= 11 is 0. The van der Waals surface area contributed by atoms with Crippen LogP contribution in [0.1, 0.15) is 33.1 Å². The second-order valence-corrected chi connectivity index (χ2v) is 5.44. The highest BCUT2D eigenvalue weighted by Crippen LogP contribution is 2.32. The van der Waals surface area contributed by atoms with Gasteiger partial charge in [-0.15, -0.1) is 0 Å². The SMILES string of the molecule is CC1CCCC(Nc2ccc([N+](=O)[O-])cc2F)C1C. The van der Waals surface area contributed by atoms with Crippen LogP contribution in [-0.4, -0.2) is 11.0 Å². The summed E-state index contributed by atoms with van der Waals surface area (Å²) in [5.41, 5.74) is 0.143. The molecular formula is C14H19FN2O2. The Morgan fingerprint density at radius 1 is 1.37 bits per heavy atom. The van der Waals surface area contributed by atoms with E-state index in [0.717, 1.165) is 18.9 Å². The van der Waals surface area contributed by atoms with Crippen LogP contribution in [0.5, 0.6) is 0 Å². The van der Waals surface area contributed by atoms with Crippen molar-refractivity contribution in [2.75, 3.05) is 5.32 Å². The first kappa shape index (κ1) is 13.8. The zero-order valence-corrected chi connectivity index (χ0v) is 11.2. The highest BCUT2D eigenvalue weighted by atomic mass is 19.1. The molecule has 0 amide bonds. The summed E-state index contributed by atoms with van der Waals surface area (Å²) in [7, 11) is 0. The molecule has 1 N–H and O–H groups in total. The summed E-state index contributed by atoms with van der Waals surface area (Å²) in [6.07, 6.45) is 3.36. The van der Waals surface area contributed by atoms with Gasteiger partial charge in [0.05, 0.1) is 16.7 Å². The van der Waals surface area contributed by atoms with Gasteiger partial charge in [-0.05, 0) is 24.3 Å². The molecule has 0 spiro atoms. The number of nitro groups is 1. The van der Waals surface area contributed by atoms with E-state index in [1.807, 2.05) is 0 Å². The number of hydrogen-bond acceptors (Lipinski definition) is 3. The van der Waals surface area contributed by atoms with Gasteiger partial charge in [-0.1, -0.05) is 26.7 Å². The van der Waals surface area contributed by atoms with E-state index in [9.17, 15) is 14.5 Å². The van der Waals surface area contributed by atoms with Crippen molar-refractivity contribution < 1.29 is 9.31 Å². The van der Waals surface area contributed by atoms with Crippen molar-refractivity contribution in [3.63, 3.8) is 0 Å². The van der Waals surface area contributed by atoms with E-state index < -0.39 is 10.7 Å². The molecule has 5 heteroatoms. The van der Waals surface area contributed by atoms with Crippen LogP contribution in [0.25, 0.3) is 0 Å². The average Bonchev–Trinajstić information content (AvgIpc) is 2.37. The van der Waals surface area contributed by atoms with E-state index in [-0.39, 0.29) is 11.7 Å². The van der Waals surface area contributed by atoms with Crippen molar-refractivity contribution in [3.05, 3.63) is 34.1 Å². The first-order chi connectivity index (χ1) is 8.99. The van der Waals surface area contributed by atoms with E-state index in [0.29, 0.717) is 17.5 Å². The lowest BCUT2D eigenvalue weighted by atomic mass is 9.78. The Balaban J connectivity index is 2.12. The normalized spacial score (nSPS) is 27.0. The number of nitro benzene ring substituents is 1. The van der Waals surface area contributed by atoms with E-state index in [1.54, 1.807) is 0 Å². The number of benzene rings is 1. The summed E-state index contributed by atoms with van der Waals surface area (Å²) in [6, 6.07) is 4.00. The van der Waals surface area contributed by atoms with Gasteiger partial charge in [0.15, 0.2) is 5.82 Å². The Hall–Kier alpha value is -1.65. The van der Waals surface area contributed by atoms with Crippen molar-refractivity contribution in [3.8, 4) is 0 Å². The molecule has 0 heterocycles. The standard InChI is InChI=1S/C14H19FN2O2/c1-9-4-3-5-13(10(9)2)16-14-7-6-11(17(18)19)8-12(14)15/h6-10,13,16H,3-5H2,1-2H3. The lowest BCUT2D eigenvalue weighted by molar-refractivity contribution is -0.385. The molecule has 104 valence electrons. The quantitative estimate of drug-likeness (QED) is 0.665. The third-order valence-electron chi connectivity index (χ3n) is 4.21. The van der Waals surface area contributed by atoms with Gasteiger partial charge in [-0.2, -0.15) is 0 Å². The Kier molecular flexibility index (Phi) is 4.02. The molecule has 3 unspecified atom stereocenters. The third kappa shape index (κ3) is 3.03. The maximum Gasteiger partial charge on any atom is 0.272 e. The average molecular weight is 266 g/mol. The molecule has 1 aromatic rings. The van der Waals surface area contributed by atoms with Gasteiger partial charge in [0, 0.05) is 12.1 Å². The molecule has 1 aliphatic carbocycles. The summed E-state index contributed by atoms with van der Waals surface area (Å²) in [5, 5.41) is 13.8. The van der Waals surface area contributed by atoms with Crippen LogP contribution in [0.2, 0.25) is 0 Å². The Morgan fingerprint density at radius 3 is 2.74 bits per heavy atom. The number of anilines is 1. The molecule has 0 aromatic heterocycles. The molecule has 2 rings (SSSR count). The van der Waals surface area contributed by atoms with E-state index in [4.69, 9.17) is 0 Å². The molecule has 0 saturated heterocycles. The lowest BCUT2D eigenvalue weighted by Crippen LogP contribution is -2.35. The summed E-state index contributed by atoms with van der Waals surface area (Å²) < 4.78 is 13.8. The van der Waals surface area contributed by atoms with Crippen molar-refractivity contribution in [2.45, 2.75) is 39.2 Å². The van der Waals surface area contributed by atoms with Gasteiger partial charge in [0.2, 0.25) is 0 Å². The molecule has 3 atom stereocenters. The molecule has 19 heavy (non-hydrogen) atoms. The van der Waals surface area contributed by atoms with Gasteiger partial charge >= 0.3 is 0 Å². The summed E-state index contributed by atoms with van der Waals surface area (Å²) in [6.45, 7) is 4.38. The molecule has 1 aliphatic rings. The van der Waals surface area contributed by atoms with Crippen LogP contribution < -0.4 is 5.32 Å². The fraction of sp³-hybridized carbons (Fsp3) is 0.571. The molecule has 0 radical (unpaired) electrons. The minimum absolute atomic E-state index is 0.215. The monoisotopic (exact) mass is 266 g/mol. The van der Waals surface area contributed by atoms with Crippen molar-refractivity contribution in [2.24, 2.45) is 11.8 Å². The van der Waals surface area contributed by atoms with Crippen LogP contribution in [0.15, 0.2) is 18.2 Å². The van der Waals surface area contributed by atoms with Gasteiger partial charge < -0.3 is 5.32 Å². The molecule has 1 saturated carbocycles. The lowest BCUT2D eigenvalue weighted by Gasteiger charge is -2.35. The van der Waals surface area contributed by atoms with Gasteiger partial charge in [-0.25, -0.2) is 4.39 Å². The minimum Gasteiger partial charge on any atom is -0.380 e. The first-order valence-electron chi connectivity index (χ1n) is 6.69. The molecule has 4 nitrogen and oxygen atoms in total. The highest BCUT2D eigenvalue weighted by Gasteiger charge is 2.27. The van der Waals surface area contributed by atoms with Crippen molar-refractivity contribution in [1.29, 1.82) is 0 Å². The maximum atomic E-state index is 13.8. The maximum absolute atomic E-state index is 13.8. The van der Waals surface area contributed by atoms with E-state index in [1.165, 1.54) is 18.6 Å². The molecule has 1 fully saturated rings. The van der Waals surface area contributed by atoms with Crippen LogP contribution in [0, 0.1) is 27.8 Å². The topological polar surface area (TPSA) is 55.2 Å². The smallest absolute Gasteiger partial charge is 0.272 e. The van der Waals surface area contributed by atoms with Gasteiger partial charge in [-0.3, -0.25) is 10.1 Å². The van der Waals surface area contributed by atoms with E-state index in [2.05, 4.69) is 19.2 Å². The number of nitrogens with one attached hydrogen (secondary N) is 1. The Morgan fingerprint density at radius 2 is 2.11 bits per heavy atom. The largest absolute Gasteiger partial charge is 0.380 e. The first-order valence-corrected chi connectivity index (χ1v) is 6.69. The van der Waals surface area contributed by atoms with Crippen LogP contribution >= 0.6 is 0 Å². The summed E-state index contributed by atoms with van der Waals surface area (Å²) in [5.74, 6) is 0.537. The highest BCUT2D eigenvalue weighted by molar-refractivity contribution is 5.50. The Bertz CT molecular complexity index is 479. The number of rotatable bonds is 3. The summed E-state index contributed by atoms with van der Waals surface area (Å²) in [4.78, 5) is 9.98. The van der Waals surface area contributed by atoms with Crippen LogP contribution in [0.4, 0.5) is 15.8 Å². The van der Waals surface area contributed by atoms with Crippen molar-refractivity contribution >= 4 is 11.4 Å². The minimum atomic E-state index is -0.585. The molecular weight excluding hydrogens is 247 g/mol. The van der Waals surface area contributed by atoms with Crippen LogP contribution in [-0.2, 0) is 0 Å². The fourth-order valence-electron chi connectivity index (χ4n) is 2.72. The third-order valence-corrected chi connectivity index (χ3v) is 4.21.